The summed E-state index contributed by atoms with van der Waals surface area (Å²) in [4.78, 5) is 29.0. The van der Waals surface area contributed by atoms with Crippen LogP contribution in [0.25, 0.3) is 11.3 Å². The molecule has 9 heteroatoms. The Morgan fingerprint density at radius 1 is 1.44 bits per heavy atom. The van der Waals surface area contributed by atoms with Crippen molar-refractivity contribution in [2.75, 3.05) is 36.5 Å². The summed E-state index contributed by atoms with van der Waals surface area (Å²) in [5.74, 6) is -0.487. The summed E-state index contributed by atoms with van der Waals surface area (Å²) in [5.41, 5.74) is 7.49. The molecule has 1 aliphatic rings. The van der Waals surface area contributed by atoms with Gasteiger partial charge in [-0.2, -0.15) is 0 Å². The zero-order valence-corrected chi connectivity index (χ0v) is 16.0. The van der Waals surface area contributed by atoms with E-state index in [2.05, 4.69) is 45.9 Å². The zero-order chi connectivity index (χ0) is 19.4. The summed E-state index contributed by atoms with van der Waals surface area (Å²) in [7, 11) is 0. The molecule has 3 N–H and O–H groups in total. The van der Waals surface area contributed by atoms with E-state index >= 15 is 0 Å². The number of hydrogen-bond donors (Lipinski definition) is 2. The molecule has 2 heterocycles. The van der Waals surface area contributed by atoms with Crippen molar-refractivity contribution in [1.82, 2.24) is 4.98 Å². The minimum absolute atomic E-state index is 0.181. The molecule has 3 rings (SSSR count). The van der Waals surface area contributed by atoms with E-state index in [0.29, 0.717) is 11.7 Å². The average molecular weight is 390 g/mol. The highest BCUT2D eigenvalue weighted by molar-refractivity contribution is 7.14. The Morgan fingerprint density at radius 2 is 2.26 bits per heavy atom. The van der Waals surface area contributed by atoms with Crippen molar-refractivity contribution in [1.29, 1.82) is 0 Å². The van der Waals surface area contributed by atoms with Gasteiger partial charge in [0.05, 0.1) is 17.9 Å². The highest BCUT2D eigenvalue weighted by Crippen LogP contribution is 2.29. The van der Waals surface area contributed by atoms with Gasteiger partial charge in [-0.25, -0.2) is 9.78 Å². The van der Waals surface area contributed by atoms with E-state index in [0.717, 1.165) is 30.0 Å². The van der Waals surface area contributed by atoms with Crippen LogP contribution in [0.2, 0.25) is 0 Å². The Labute approximate surface area is 161 Å². The Balaban J connectivity index is 1.69. The number of nitrogens with one attached hydrogen (secondary N) is 1. The van der Waals surface area contributed by atoms with Gasteiger partial charge in [0.15, 0.2) is 11.7 Å². The molecule has 8 nitrogen and oxygen atoms in total. The second kappa shape index (κ2) is 7.93. The van der Waals surface area contributed by atoms with Gasteiger partial charge >= 0.3 is 6.09 Å². The number of carbonyl (C=O) groups is 2. The number of amides is 2. The van der Waals surface area contributed by atoms with Crippen molar-refractivity contribution in [2.45, 2.75) is 19.4 Å². The summed E-state index contributed by atoms with van der Waals surface area (Å²) >= 11 is 1.30. The zero-order valence-electron chi connectivity index (χ0n) is 15.2. The predicted octanol–water partition coefficient (Wildman–Crippen LogP) is 2.46. The molecule has 2 aromatic rings. The predicted molar refractivity (Wildman–Crippen MR) is 104 cm³/mol. The minimum Gasteiger partial charge on any atom is -0.440 e. The van der Waals surface area contributed by atoms with Crippen LogP contribution in [0.5, 0.6) is 0 Å². The van der Waals surface area contributed by atoms with E-state index in [1.54, 1.807) is 0 Å². The molecule has 0 radical (unpaired) electrons. The van der Waals surface area contributed by atoms with Crippen molar-refractivity contribution < 1.29 is 19.1 Å². The number of nitrogens with zero attached hydrogens (tertiary/aromatic N) is 2. The second-order valence-corrected chi connectivity index (χ2v) is 7.63. The number of aromatic nitrogens is 1. The Kier molecular flexibility index (Phi) is 5.62. The third-order valence-corrected chi connectivity index (χ3v) is 4.79. The molecule has 1 aromatic carbocycles. The Bertz CT molecular complexity index is 836. The maximum Gasteiger partial charge on any atom is 0.405 e. The topological polar surface area (TPSA) is 107 Å². The van der Waals surface area contributed by atoms with E-state index in [1.807, 2.05) is 17.5 Å². The van der Waals surface area contributed by atoms with Gasteiger partial charge in [-0.3, -0.25) is 10.1 Å². The normalized spacial score (nSPS) is 16.0. The van der Waals surface area contributed by atoms with Crippen molar-refractivity contribution in [3.05, 3.63) is 29.6 Å². The fourth-order valence-corrected chi connectivity index (χ4v) is 3.59. The van der Waals surface area contributed by atoms with Crippen molar-refractivity contribution in [3.63, 3.8) is 0 Å². The largest absolute Gasteiger partial charge is 0.440 e. The fourth-order valence-electron chi connectivity index (χ4n) is 2.85. The lowest BCUT2D eigenvalue weighted by Crippen LogP contribution is -2.48. The SMILES string of the molecule is CC1(C)CN(c2cccc(-c3csc(NC(=O)COC(N)=O)n3)c2)CCO1. The monoisotopic (exact) mass is 390 g/mol. The summed E-state index contributed by atoms with van der Waals surface area (Å²) < 4.78 is 10.2. The van der Waals surface area contributed by atoms with Gasteiger partial charge < -0.3 is 20.1 Å². The molecule has 0 unspecified atom stereocenters. The van der Waals surface area contributed by atoms with Crippen LogP contribution in [0, 0.1) is 0 Å². The molecule has 1 saturated heterocycles. The van der Waals surface area contributed by atoms with Gasteiger partial charge in [0.25, 0.3) is 5.91 Å². The van der Waals surface area contributed by atoms with Crippen LogP contribution in [0.3, 0.4) is 0 Å². The molecule has 2 amide bonds. The number of anilines is 2. The lowest BCUT2D eigenvalue weighted by Gasteiger charge is -2.39. The lowest BCUT2D eigenvalue weighted by molar-refractivity contribution is -0.118. The van der Waals surface area contributed by atoms with Gasteiger partial charge in [-0.05, 0) is 26.0 Å². The van der Waals surface area contributed by atoms with Crippen LogP contribution in [0.4, 0.5) is 15.6 Å². The van der Waals surface area contributed by atoms with Gasteiger partial charge in [-0.15, -0.1) is 11.3 Å². The van der Waals surface area contributed by atoms with E-state index in [-0.39, 0.29) is 5.60 Å². The third-order valence-electron chi connectivity index (χ3n) is 4.03. The maximum atomic E-state index is 11.7. The molecule has 1 aliphatic heterocycles. The van der Waals surface area contributed by atoms with Crippen molar-refractivity contribution in [3.8, 4) is 11.3 Å². The molecule has 0 atom stereocenters. The standard InChI is InChI=1S/C18H22N4O4S/c1-18(2)11-22(6-7-26-18)13-5-3-4-12(8-13)14-10-27-17(20-14)21-15(23)9-25-16(19)24/h3-5,8,10H,6-7,9,11H2,1-2H3,(H2,19,24)(H,20,21,23). The highest BCUT2D eigenvalue weighted by Gasteiger charge is 2.27. The molecular formula is C18H22N4O4S. The second-order valence-electron chi connectivity index (χ2n) is 6.77. The smallest absolute Gasteiger partial charge is 0.405 e. The van der Waals surface area contributed by atoms with Crippen molar-refractivity contribution >= 4 is 34.2 Å². The molecule has 0 bridgehead atoms. The molecule has 27 heavy (non-hydrogen) atoms. The van der Waals surface area contributed by atoms with Gasteiger partial charge in [0, 0.05) is 29.7 Å². The van der Waals surface area contributed by atoms with Crippen LogP contribution < -0.4 is 16.0 Å². The summed E-state index contributed by atoms with van der Waals surface area (Å²) in [6.45, 7) is 6.07. The number of primary amides is 1. The van der Waals surface area contributed by atoms with Gasteiger partial charge in [0.1, 0.15) is 0 Å². The summed E-state index contributed by atoms with van der Waals surface area (Å²) in [6, 6.07) is 8.12. The molecule has 144 valence electrons. The first kappa shape index (κ1) is 19.1. The van der Waals surface area contributed by atoms with Crippen LogP contribution in [-0.4, -0.2) is 48.9 Å². The maximum absolute atomic E-state index is 11.7. The number of carbonyl (C=O) groups excluding carboxylic acids is 2. The number of rotatable bonds is 5. The number of ether oxygens (including phenoxy) is 2. The van der Waals surface area contributed by atoms with E-state index < -0.39 is 18.6 Å². The lowest BCUT2D eigenvalue weighted by atomic mass is 10.1. The highest BCUT2D eigenvalue weighted by atomic mass is 32.1. The Hall–Kier alpha value is -2.65. The molecular weight excluding hydrogens is 368 g/mol. The molecule has 0 aliphatic carbocycles. The number of nitrogens with two attached hydrogens (primary N) is 1. The number of morpholine rings is 1. The van der Waals surface area contributed by atoms with E-state index in [1.165, 1.54) is 11.3 Å². The van der Waals surface area contributed by atoms with Crippen LogP contribution in [0.15, 0.2) is 29.6 Å². The summed E-state index contributed by atoms with van der Waals surface area (Å²) in [5, 5.41) is 4.88. The minimum atomic E-state index is -0.993. The fraction of sp³-hybridized carbons (Fsp3) is 0.389. The quantitative estimate of drug-likeness (QED) is 0.812. The van der Waals surface area contributed by atoms with Crippen molar-refractivity contribution in [2.24, 2.45) is 5.73 Å². The molecule has 0 spiro atoms. The molecule has 1 aromatic heterocycles. The Morgan fingerprint density at radius 3 is 3.00 bits per heavy atom. The first-order valence-electron chi connectivity index (χ1n) is 8.49. The van der Waals surface area contributed by atoms with E-state index in [9.17, 15) is 9.59 Å². The number of hydrogen-bond acceptors (Lipinski definition) is 7. The molecule has 0 saturated carbocycles. The van der Waals surface area contributed by atoms with Crippen LogP contribution in [0.1, 0.15) is 13.8 Å². The third kappa shape index (κ3) is 5.18. The van der Waals surface area contributed by atoms with E-state index in [4.69, 9.17) is 10.5 Å². The number of benzene rings is 1. The molecule has 1 fully saturated rings. The summed E-state index contributed by atoms with van der Waals surface area (Å²) in [6.07, 6.45) is -0.993. The van der Waals surface area contributed by atoms with Gasteiger partial charge in [-0.1, -0.05) is 12.1 Å². The first-order chi connectivity index (χ1) is 12.8. The first-order valence-corrected chi connectivity index (χ1v) is 9.37. The van der Waals surface area contributed by atoms with Crippen LogP contribution in [-0.2, 0) is 14.3 Å². The average Bonchev–Trinajstić information content (AvgIpc) is 3.08. The van der Waals surface area contributed by atoms with Crippen LogP contribution >= 0.6 is 11.3 Å². The van der Waals surface area contributed by atoms with Gasteiger partial charge in [0.2, 0.25) is 0 Å². The number of thiazole rings is 1.